The van der Waals surface area contributed by atoms with Gasteiger partial charge in [0.2, 0.25) is 5.95 Å². The maximum atomic E-state index is 12.8. The van der Waals surface area contributed by atoms with Crippen molar-refractivity contribution in [3.63, 3.8) is 0 Å². The van der Waals surface area contributed by atoms with Gasteiger partial charge in [-0.1, -0.05) is 0 Å². The molecule has 0 radical (unpaired) electrons. The third kappa shape index (κ3) is 3.89. The van der Waals surface area contributed by atoms with Crippen molar-refractivity contribution in [1.29, 1.82) is 0 Å². The van der Waals surface area contributed by atoms with Gasteiger partial charge in [-0.15, -0.1) is 0 Å². The fourth-order valence-corrected chi connectivity index (χ4v) is 1.58. The SMILES string of the molecule is Cc1cc(Nc2ccc(F)cc2)nc(NCCN)n1. The van der Waals surface area contributed by atoms with Crippen molar-refractivity contribution >= 4 is 17.5 Å². The molecule has 4 N–H and O–H groups in total. The van der Waals surface area contributed by atoms with Gasteiger partial charge in [0, 0.05) is 30.5 Å². The molecule has 0 unspecified atom stereocenters. The molecule has 1 aromatic carbocycles. The minimum absolute atomic E-state index is 0.269. The third-order valence-electron chi connectivity index (χ3n) is 2.40. The number of hydrogen-bond donors (Lipinski definition) is 3. The van der Waals surface area contributed by atoms with Crippen molar-refractivity contribution in [2.24, 2.45) is 5.73 Å². The maximum absolute atomic E-state index is 12.8. The van der Waals surface area contributed by atoms with E-state index in [4.69, 9.17) is 5.73 Å². The van der Waals surface area contributed by atoms with Crippen LogP contribution in [0.15, 0.2) is 30.3 Å². The molecule has 0 saturated heterocycles. The number of nitrogens with zero attached hydrogens (tertiary/aromatic N) is 2. The molecule has 0 saturated carbocycles. The number of nitrogens with two attached hydrogens (primary N) is 1. The van der Waals surface area contributed by atoms with E-state index in [1.54, 1.807) is 12.1 Å². The lowest BCUT2D eigenvalue weighted by Gasteiger charge is -2.09. The molecule has 0 aliphatic carbocycles. The van der Waals surface area contributed by atoms with E-state index in [-0.39, 0.29) is 5.82 Å². The van der Waals surface area contributed by atoms with Gasteiger partial charge in [0.15, 0.2) is 0 Å². The molecule has 0 spiro atoms. The molecule has 5 nitrogen and oxygen atoms in total. The second kappa shape index (κ2) is 6.10. The topological polar surface area (TPSA) is 75.9 Å². The standard InChI is InChI=1S/C13H16FN5/c1-9-8-12(19-13(17-9)16-7-6-15)18-11-4-2-10(14)3-5-11/h2-5,8H,6-7,15H2,1H3,(H2,16,17,18,19). The van der Waals surface area contributed by atoms with Crippen LogP contribution in [0.25, 0.3) is 0 Å². The highest BCUT2D eigenvalue weighted by molar-refractivity contribution is 5.57. The molecular formula is C13H16FN5. The summed E-state index contributed by atoms with van der Waals surface area (Å²) in [6.45, 7) is 3.00. The van der Waals surface area contributed by atoms with Crippen molar-refractivity contribution in [3.05, 3.63) is 41.8 Å². The molecule has 0 fully saturated rings. The number of halogens is 1. The molecule has 0 bridgehead atoms. The minimum Gasteiger partial charge on any atom is -0.353 e. The van der Waals surface area contributed by atoms with Gasteiger partial charge in [0.1, 0.15) is 11.6 Å². The van der Waals surface area contributed by atoms with Gasteiger partial charge in [-0.2, -0.15) is 4.98 Å². The number of hydrogen-bond acceptors (Lipinski definition) is 5. The van der Waals surface area contributed by atoms with E-state index >= 15 is 0 Å². The zero-order valence-electron chi connectivity index (χ0n) is 10.7. The quantitative estimate of drug-likeness (QED) is 0.768. The minimum atomic E-state index is -0.269. The van der Waals surface area contributed by atoms with Gasteiger partial charge in [0.05, 0.1) is 0 Å². The van der Waals surface area contributed by atoms with E-state index in [1.165, 1.54) is 12.1 Å². The summed E-state index contributed by atoms with van der Waals surface area (Å²) in [7, 11) is 0. The van der Waals surface area contributed by atoms with Gasteiger partial charge in [0.25, 0.3) is 0 Å². The first-order chi connectivity index (χ1) is 9.17. The number of aryl methyl sites for hydroxylation is 1. The second-order valence-electron chi connectivity index (χ2n) is 4.07. The monoisotopic (exact) mass is 261 g/mol. The molecule has 2 aromatic rings. The molecule has 1 aromatic heterocycles. The van der Waals surface area contributed by atoms with Gasteiger partial charge in [-0.25, -0.2) is 9.37 Å². The summed E-state index contributed by atoms with van der Waals surface area (Å²) in [4.78, 5) is 8.56. The number of anilines is 3. The lowest BCUT2D eigenvalue weighted by Crippen LogP contribution is -2.15. The number of aromatic nitrogens is 2. The first kappa shape index (κ1) is 13.2. The van der Waals surface area contributed by atoms with Gasteiger partial charge in [-0.3, -0.25) is 0 Å². The predicted octanol–water partition coefficient (Wildman–Crippen LogP) is 2.04. The van der Waals surface area contributed by atoms with Gasteiger partial charge < -0.3 is 16.4 Å². The molecule has 0 aliphatic heterocycles. The van der Waals surface area contributed by atoms with Crippen molar-refractivity contribution in [2.75, 3.05) is 23.7 Å². The molecule has 6 heteroatoms. The molecule has 2 rings (SSSR count). The number of benzene rings is 1. The van der Waals surface area contributed by atoms with Crippen LogP contribution in [0.2, 0.25) is 0 Å². The van der Waals surface area contributed by atoms with Crippen molar-refractivity contribution in [1.82, 2.24) is 9.97 Å². The average molecular weight is 261 g/mol. The fraction of sp³-hybridized carbons (Fsp3) is 0.231. The lowest BCUT2D eigenvalue weighted by atomic mass is 10.3. The van der Waals surface area contributed by atoms with Gasteiger partial charge in [-0.05, 0) is 31.2 Å². The van der Waals surface area contributed by atoms with Crippen LogP contribution in [0.3, 0.4) is 0 Å². The smallest absolute Gasteiger partial charge is 0.224 e. The molecule has 19 heavy (non-hydrogen) atoms. The van der Waals surface area contributed by atoms with Crippen LogP contribution in [0.4, 0.5) is 21.8 Å². The Hall–Kier alpha value is -2.21. The molecular weight excluding hydrogens is 245 g/mol. The van der Waals surface area contributed by atoms with Crippen LogP contribution < -0.4 is 16.4 Å². The fourth-order valence-electron chi connectivity index (χ4n) is 1.58. The average Bonchev–Trinajstić information content (AvgIpc) is 2.38. The Balaban J connectivity index is 2.15. The Morgan fingerprint density at radius 1 is 1.21 bits per heavy atom. The van der Waals surface area contributed by atoms with E-state index in [2.05, 4.69) is 20.6 Å². The Kier molecular flexibility index (Phi) is 4.25. The normalized spacial score (nSPS) is 10.3. The van der Waals surface area contributed by atoms with Crippen molar-refractivity contribution in [3.8, 4) is 0 Å². The van der Waals surface area contributed by atoms with Gasteiger partial charge >= 0.3 is 0 Å². The summed E-state index contributed by atoms with van der Waals surface area (Å²) < 4.78 is 12.8. The van der Waals surface area contributed by atoms with Crippen LogP contribution in [-0.4, -0.2) is 23.1 Å². The van der Waals surface area contributed by atoms with Crippen LogP contribution >= 0.6 is 0 Å². The summed E-state index contributed by atoms with van der Waals surface area (Å²) in [5, 5.41) is 6.12. The molecule has 0 amide bonds. The third-order valence-corrected chi connectivity index (χ3v) is 2.40. The Morgan fingerprint density at radius 2 is 1.95 bits per heavy atom. The Bertz CT molecular complexity index is 541. The van der Waals surface area contributed by atoms with Crippen LogP contribution in [0, 0.1) is 12.7 Å². The number of rotatable bonds is 5. The second-order valence-corrected chi connectivity index (χ2v) is 4.07. The maximum Gasteiger partial charge on any atom is 0.224 e. The van der Waals surface area contributed by atoms with E-state index in [9.17, 15) is 4.39 Å². The largest absolute Gasteiger partial charge is 0.353 e. The summed E-state index contributed by atoms with van der Waals surface area (Å²) in [6.07, 6.45) is 0. The van der Waals surface area contributed by atoms with E-state index in [0.29, 0.717) is 24.9 Å². The van der Waals surface area contributed by atoms with Crippen LogP contribution in [-0.2, 0) is 0 Å². The molecule has 0 atom stereocenters. The summed E-state index contributed by atoms with van der Waals surface area (Å²) >= 11 is 0. The van der Waals surface area contributed by atoms with Crippen molar-refractivity contribution in [2.45, 2.75) is 6.92 Å². The first-order valence-electron chi connectivity index (χ1n) is 5.99. The highest BCUT2D eigenvalue weighted by Gasteiger charge is 2.02. The van der Waals surface area contributed by atoms with Crippen molar-refractivity contribution < 1.29 is 4.39 Å². The molecule has 100 valence electrons. The van der Waals surface area contributed by atoms with E-state index in [1.807, 2.05) is 13.0 Å². The molecule has 0 aliphatic rings. The number of nitrogens with one attached hydrogen (secondary N) is 2. The summed E-state index contributed by atoms with van der Waals surface area (Å²) in [5.41, 5.74) is 7.02. The van der Waals surface area contributed by atoms with Crippen LogP contribution in [0.5, 0.6) is 0 Å². The van der Waals surface area contributed by atoms with E-state index in [0.717, 1.165) is 11.4 Å². The molecule has 1 heterocycles. The highest BCUT2D eigenvalue weighted by Crippen LogP contribution is 2.16. The lowest BCUT2D eigenvalue weighted by molar-refractivity contribution is 0.628. The van der Waals surface area contributed by atoms with E-state index < -0.39 is 0 Å². The first-order valence-corrected chi connectivity index (χ1v) is 5.99. The predicted molar refractivity (Wildman–Crippen MR) is 74.0 cm³/mol. The Labute approximate surface area is 111 Å². The highest BCUT2D eigenvalue weighted by atomic mass is 19.1. The Morgan fingerprint density at radius 3 is 2.63 bits per heavy atom. The van der Waals surface area contributed by atoms with Crippen LogP contribution in [0.1, 0.15) is 5.69 Å². The zero-order valence-corrected chi connectivity index (χ0v) is 10.7. The summed E-state index contributed by atoms with van der Waals surface area (Å²) in [6, 6.07) is 7.91. The zero-order chi connectivity index (χ0) is 13.7. The summed E-state index contributed by atoms with van der Waals surface area (Å²) in [5.74, 6) is 0.906.